The molecule has 0 bridgehead atoms. The summed E-state index contributed by atoms with van der Waals surface area (Å²) in [6.45, 7) is 1.38. The largest absolute Gasteiger partial charge is 0.387 e. The summed E-state index contributed by atoms with van der Waals surface area (Å²) in [5.74, 6) is 0.208. The molecule has 0 amide bonds. The molecule has 3 N–H and O–H groups in total. The number of nitrogen functional groups attached to an aromatic ring is 1. The predicted molar refractivity (Wildman–Crippen MR) is 50.4 cm³/mol. The van der Waals surface area contributed by atoms with Crippen LogP contribution in [-0.2, 0) is 4.74 Å². The van der Waals surface area contributed by atoms with Crippen molar-refractivity contribution in [3.8, 4) is 0 Å². The maximum absolute atomic E-state index is 9.87. The SMILES string of the molecule is Nc1ncc(C(O)C2CCOC2)s1. The molecule has 1 aliphatic rings. The molecule has 2 rings (SSSR count). The van der Waals surface area contributed by atoms with Crippen LogP contribution in [0.4, 0.5) is 5.13 Å². The second-order valence-corrected chi connectivity index (χ2v) is 4.26. The van der Waals surface area contributed by atoms with Crippen molar-refractivity contribution in [2.24, 2.45) is 5.92 Å². The third kappa shape index (κ3) is 1.82. The molecule has 0 aliphatic carbocycles. The van der Waals surface area contributed by atoms with Crippen molar-refractivity contribution in [2.75, 3.05) is 18.9 Å². The van der Waals surface area contributed by atoms with Crippen molar-refractivity contribution in [1.82, 2.24) is 4.98 Å². The van der Waals surface area contributed by atoms with Gasteiger partial charge in [0.05, 0.1) is 17.6 Å². The molecule has 1 aliphatic heterocycles. The second kappa shape index (κ2) is 3.61. The van der Waals surface area contributed by atoms with Crippen molar-refractivity contribution in [1.29, 1.82) is 0 Å². The van der Waals surface area contributed by atoms with Gasteiger partial charge < -0.3 is 15.6 Å². The van der Waals surface area contributed by atoms with Crippen LogP contribution < -0.4 is 5.73 Å². The molecule has 0 saturated carbocycles. The number of thiazole rings is 1. The van der Waals surface area contributed by atoms with Crippen molar-refractivity contribution < 1.29 is 9.84 Å². The Kier molecular flexibility index (Phi) is 2.48. The predicted octanol–water partition coefficient (Wildman–Crippen LogP) is 0.795. The van der Waals surface area contributed by atoms with Gasteiger partial charge in [-0.25, -0.2) is 4.98 Å². The van der Waals surface area contributed by atoms with E-state index >= 15 is 0 Å². The summed E-state index contributed by atoms with van der Waals surface area (Å²) in [6, 6.07) is 0. The number of hydrogen-bond donors (Lipinski definition) is 2. The van der Waals surface area contributed by atoms with Crippen LogP contribution in [0.1, 0.15) is 17.4 Å². The van der Waals surface area contributed by atoms with Gasteiger partial charge in [-0.05, 0) is 6.42 Å². The lowest BCUT2D eigenvalue weighted by Crippen LogP contribution is -2.10. The molecule has 1 saturated heterocycles. The van der Waals surface area contributed by atoms with Gasteiger partial charge >= 0.3 is 0 Å². The van der Waals surface area contributed by atoms with Crippen LogP contribution in [-0.4, -0.2) is 23.3 Å². The Morgan fingerprint density at radius 2 is 2.62 bits per heavy atom. The number of aliphatic hydroxyl groups excluding tert-OH is 1. The van der Waals surface area contributed by atoms with Crippen molar-refractivity contribution in [3.63, 3.8) is 0 Å². The van der Waals surface area contributed by atoms with Gasteiger partial charge in [0.1, 0.15) is 0 Å². The zero-order chi connectivity index (χ0) is 9.26. The van der Waals surface area contributed by atoms with Gasteiger partial charge in [-0.3, -0.25) is 0 Å². The number of nitrogens with zero attached hydrogens (tertiary/aromatic N) is 1. The summed E-state index contributed by atoms with van der Waals surface area (Å²) in [4.78, 5) is 4.75. The molecule has 5 heteroatoms. The number of aromatic nitrogens is 1. The van der Waals surface area contributed by atoms with Crippen LogP contribution in [0.2, 0.25) is 0 Å². The van der Waals surface area contributed by atoms with E-state index in [4.69, 9.17) is 10.5 Å². The number of aliphatic hydroxyl groups is 1. The molecule has 0 aromatic carbocycles. The molecule has 1 aromatic heterocycles. The summed E-state index contributed by atoms with van der Waals surface area (Å²) in [7, 11) is 0. The number of rotatable bonds is 2. The third-order valence-corrected chi connectivity index (χ3v) is 3.14. The maximum atomic E-state index is 9.87. The topological polar surface area (TPSA) is 68.4 Å². The molecule has 1 fully saturated rings. The highest BCUT2D eigenvalue weighted by molar-refractivity contribution is 7.15. The Morgan fingerprint density at radius 1 is 1.77 bits per heavy atom. The van der Waals surface area contributed by atoms with Gasteiger partial charge in [-0.1, -0.05) is 11.3 Å². The summed E-state index contributed by atoms with van der Waals surface area (Å²) in [5.41, 5.74) is 5.48. The lowest BCUT2D eigenvalue weighted by atomic mass is 10.0. The minimum atomic E-state index is -0.461. The van der Waals surface area contributed by atoms with E-state index in [2.05, 4.69) is 4.98 Å². The maximum Gasteiger partial charge on any atom is 0.180 e. The highest BCUT2D eigenvalue weighted by Crippen LogP contribution is 2.32. The number of anilines is 1. The molecule has 2 atom stereocenters. The van der Waals surface area contributed by atoms with Gasteiger partial charge in [0.25, 0.3) is 0 Å². The summed E-state index contributed by atoms with van der Waals surface area (Å²) in [6.07, 6.45) is 2.10. The Morgan fingerprint density at radius 3 is 3.15 bits per heavy atom. The molecular formula is C8H12N2O2S. The Hall–Kier alpha value is -0.650. The molecular weight excluding hydrogens is 188 g/mol. The van der Waals surface area contributed by atoms with Crippen LogP contribution in [0, 0.1) is 5.92 Å². The van der Waals surface area contributed by atoms with Gasteiger partial charge in [-0.2, -0.15) is 0 Å². The highest BCUT2D eigenvalue weighted by Gasteiger charge is 2.26. The van der Waals surface area contributed by atoms with E-state index in [-0.39, 0.29) is 5.92 Å². The summed E-state index contributed by atoms with van der Waals surface area (Å²) in [5, 5.41) is 10.4. The minimum Gasteiger partial charge on any atom is -0.387 e. The number of nitrogens with two attached hydrogens (primary N) is 1. The fraction of sp³-hybridized carbons (Fsp3) is 0.625. The van der Waals surface area contributed by atoms with Crippen LogP contribution in [0.15, 0.2) is 6.20 Å². The zero-order valence-electron chi connectivity index (χ0n) is 7.14. The summed E-state index contributed by atoms with van der Waals surface area (Å²) < 4.78 is 5.20. The Labute approximate surface area is 80.4 Å². The lowest BCUT2D eigenvalue weighted by Gasteiger charge is -2.13. The van der Waals surface area contributed by atoms with Crippen LogP contribution >= 0.6 is 11.3 Å². The summed E-state index contributed by atoms with van der Waals surface area (Å²) >= 11 is 1.34. The lowest BCUT2D eigenvalue weighted by molar-refractivity contribution is 0.0943. The van der Waals surface area contributed by atoms with Crippen LogP contribution in [0.3, 0.4) is 0 Å². The molecule has 1 aromatic rings. The third-order valence-electron chi connectivity index (χ3n) is 2.24. The second-order valence-electron chi connectivity index (χ2n) is 3.17. The van der Waals surface area contributed by atoms with Crippen molar-refractivity contribution >= 4 is 16.5 Å². The first-order chi connectivity index (χ1) is 6.27. The van der Waals surface area contributed by atoms with Gasteiger partial charge in [0.2, 0.25) is 0 Å². The van der Waals surface area contributed by atoms with Gasteiger partial charge in [-0.15, -0.1) is 0 Å². The van der Waals surface area contributed by atoms with E-state index in [9.17, 15) is 5.11 Å². The molecule has 4 nitrogen and oxygen atoms in total. The monoisotopic (exact) mass is 200 g/mol. The first kappa shape index (κ1) is 8.93. The Balaban J connectivity index is 2.07. The molecule has 0 radical (unpaired) electrons. The van der Waals surface area contributed by atoms with E-state index in [1.165, 1.54) is 11.3 Å². The van der Waals surface area contributed by atoms with E-state index in [1.54, 1.807) is 6.20 Å². The van der Waals surface area contributed by atoms with Gasteiger partial charge in [0, 0.05) is 18.7 Å². The van der Waals surface area contributed by atoms with Crippen molar-refractivity contribution in [2.45, 2.75) is 12.5 Å². The standard InChI is InChI=1S/C8H12N2O2S/c9-8-10-3-6(13-8)7(11)5-1-2-12-4-5/h3,5,7,11H,1-2,4H2,(H2,9,10). The average Bonchev–Trinajstić information content (AvgIpc) is 2.72. The smallest absolute Gasteiger partial charge is 0.180 e. The fourth-order valence-electron chi connectivity index (χ4n) is 1.47. The molecule has 0 spiro atoms. The van der Waals surface area contributed by atoms with Crippen LogP contribution in [0.25, 0.3) is 0 Å². The molecule has 2 heterocycles. The van der Waals surface area contributed by atoms with Crippen molar-refractivity contribution in [3.05, 3.63) is 11.1 Å². The quantitative estimate of drug-likeness (QED) is 0.740. The number of ether oxygens (including phenoxy) is 1. The zero-order valence-corrected chi connectivity index (χ0v) is 7.96. The number of hydrogen-bond acceptors (Lipinski definition) is 5. The van der Waals surface area contributed by atoms with E-state index in [1.807, 2.05) is 0 Å². The molecule has 2 unspecified atom stereocenters. The fourth-order valence-corrected chi connectivity index (χ4v) is 2.24. The minimum absolute atomic E-state index is 0.208. The highest BCUT2D eigenvalue weighted by atomic mass is 32.1. The first-order valence-corrected chi connectivity index (χ1v) is 5.06. The van der Waals surface area contributed by atoms with Gasteiger partial charge in [0.15, 0.2) is 5.13 Å². The average molecular weight is 200 g/mol. The Bertz CT molecular complexity index is 283. The van der Waals surface area contributed by atoms with E-state index in [0.29, 0.717) is 11.7 Å². The van der Waals surface area contributed by atoms with E-state index in [0.717, 1.165) is 17.9 Å². The van der Waals surface area contributed by atoms with E-state index < -0.39 is 6.10 Å². The van der Waals surface area contributed by atoms with Crippen LogP contribution in [0.5, 0.6) is 0 Å². The first-order valence-electron chi connectivity index (χ1n) is 4.24. The normalized spacial score (nSPS) is 24.8. The molecule has 72 valence electrons. The molecule has 13 heavy (non-hydrogen) atoms.